The van der Waals surface area contributed by atoms with E-state index < -0.39 is 5.78 Å². The van der Waals surface area contributed by atoms with E-state index in [1.807, 2.05) is 31.2 Å². The fraction of sp³-hybridized carbons (Fsp3) is 0.150. The van der Waals surface area contributed by atoms with Crippen LogP contribution in [0.2, 0.25) is 5.02 Å². The third kappa shape index (κ3) is 5.86. The molecule has 0 aliphatic heterocycles. The molecule has 0 saturated carbocycles. The summed E-state index contributed by atoms with van der Waals surface area (Å²) in [5.41, 5.74) is 2.47. The second kappa shape index (κ2) is 9.53. The molecular formula is C20H19ClN4O. The number of hydrogen-bond acceptors (Lipinski definition) is 5. The first-order valence-electron chi connectivity index (χ1n) is 8.03. The molecule has 0 amide bonds. The lowest BCUT2D eigenvalue weighted by Gasteiger charge is -2.04. The van der Waals surface area contributed by atoms with Crippen molar-refractivity contribution in [2.75, 3.05) is 0 Å². The van der Waals surface area contributed by atoms with Crippen molar-refractivity contribution < 1.29 is 4.79 Å². The quantitative estimate of drug-likeness (QED) is 0.622. The molecule has 0 saturated heterocycles. The Morgan fingerprint density at radius 2 is 1.85 bits per heavy atom. The summed E-state index contributed by atoms with van der Waals surface area (Å²) in [4.78, 5) is 20.8. The van der Waals surface area contributed by atoms with E-state index in [0.29, 0.717) is 10.7 Å². The van der Waals surface area contributed by atoms with Gasteiger partial charge in [-0.2, -0.15) is 0 Å². The van der Waals surface area contributed by atoms with Gasteiger partial charge in [0.15, 0.2) is 5.78 Å². The molecule has 2 rings (SSSR count). The number of nitrogens with one attached hydrogen (secondary N) is 2. The maximum atomic E-state index is 12.3. The molecule has 0 bridgehead atoms. The zero-order chi connectivity index (χ0) is 18.9. The van der Waals surface area contributed by atoms with Gasteiger partial charge in [-0.3, -0.25) is 20.2 Å². The third-order valence-corrected chi connectivity index (χ3v) is 3.72. The average molecular weight is 367 g/mol. The first kappa shape index (κ1) is 19.4. The van der Waals surface area contributed by atoms with Gasteiger partial charge in [0.2, 0.25) is 0 Å². The van der Waals surface area contributed by atoms with Crippen LogP contribution in [0, 0.1) is 17.7 Å². The summed E-state index contributed by atoms with van der Waals surface area (Å²) in [7, 11) is 0. The van der Waals surface area contributed by atoms with Crippen LogP contribution in [-0.4, -0.2) is 29.6 Å². The number of carbonyl (C=O) groups is 1. The Balaban J connectivity index is 2.08. The molecule has 2 aromatic rings. The Morgan fingerprint density at radius 3 is 2.50 bits per heavy atom. The van der Waals surface area contributed by atoms with Gasteiger partial charge in [-0.1, -0.05) is 23.7 Å². The largest absolute Gasteiger partial charge is 0.313 e. The molecule has 0 aromatic heterocycles. The summed E-state index contributed by atoms with van der Waals surface area (Å²) >= 11 is 5.84. The van der Waals surface area contributed by atoms with Crippen LogP contribution in [0.3, 0.4) is 0 Å². The molecule has 0 aliphatic rings. The van der Waals surface area contributed by atoms with Gasteiger partial charge in [0, 0.05) is 30.3 Å². The predicted molar refractivity (Wildman–Crippen MR) is 109 cm³/mol. The van der Waals surface area contributed by atoms with Crippen LogP contribution in [0.1, 0.15) is 18.4 Å². The summed E-state index contributed by atoms with van der Waals surface area (Å²) < 4.78 is 0. The molecule has 26 heavy (non-hydrogen) atoms. The van der Waals surface area contributed by atoms with Gasteiger partial charge in [-0.25, -0.2) is 0 Å². The lowest BCUT2D eigenvalue weighted by molar-refractivity contribution is -0.111. The van der Waals surface area contributed by atoms with Crippen molar-refractivity contribution in [1.82, 2.24) is 0 Å². The molecule has 0 unspecified atom stereocenters. The van der Waals surface area contributed by atoms with E-state index in [9.17, 15) is 4.79 Å². The maximum absolute atomic E-state index is 12.3. The van der Waals surface area contributed by atoms with Crippen LogP contribution < -0.4 is 0 Å². The lowest BCUT2D eigenvalue weighted by atomic mass is 10.1. The van der Waals surface area contributed by atoms with Gasteiger partial charge in [0.1, 0.15) is 5.71 Å². The van der Waals surface area contributed by atoms with E-state index in [0.717, 1.165) is 17.5 Å². The van der Waals surface area contributed by atoms with Crippen LogP contribution in [0.4, 0.5) is 11.4 Å². The number of ketones is 1. The summed E-state index contributed by atoms with van der Waals surface area (Å²) in [6.07, 6.45) is 2.74. The van der Waals surface area contributed by atoms with Crippen LogP contribution in [0.15, 0.2) is 58.5 Å². The van der Waals surface area contributed by atoms with Crippen molar-refractivity contribution in [3.8, 4) is 0 Å². The van der Waals surface area contributed by atoms with Crippen molar-refractivity contribution in [2.45, 2.75) is 19.8 Å². The van der Waals surface area contributed by atoms with Gasteiger partial charge in [-0.15, -0.1) is 0 Å². The number of Topliss-reactive ketones (excluding diaryl/α,β-unsaturated/α-hetero) is 1. The monoisotopic (exact) mass is 366 g/mol. The van der Waals surface area contributed by atoms with Crippen molar-refractivity contribution in [2.24, 2.45) is 9.98 Å². The molecule has 2 aromatic carbocycles. The molecule has 2 N–H and O–H groups in total. The van der Waals surface area contributed by atoms with Crippen molar-refractivity contribution in [3.05, 3.63) is 59.1 Å². The Kier molecular flexibility index (Phi) is 7.12. The molecule has 0 fully saturated rings. The molecule has 0 heterocycles. The fourth-order valence-electron chi connectivity index (χ4n) is 2.18. The van der Waals surface area contributed by atoms with Crippen LogP contribution in [-0.2, 0) is 4.79 Å². The highest BCUT2D eigenvalue weighted by Crippen LogP contribution is 2.17. The van der Waals surface area contributed by atoms with Gasteiger partial charge < -0.3 is 5.41 Å². The summed E-state index contributed by atoms with van der Waals surface area (Å²) in [6.45, 7) is 1.97. The fourth-order valence-corrected chi connectivity index (χ4v) is 2.30. The second-order valence-electron chi connectivity index (χ2n) is 5.60. The number of rotatable bonds is 8. The molecule has 0 atom stereocenters. The summed E-state index contributed by atoms with van der Waals surface area (Å²) in [5, 5.41) is 15.9. The van der Waals surface area contributed by atoms with Crippen LogP contribution in [0.25, 0.3) is 0 Å². The molecule has 132 valence electrons. The molecule has 5 nitrogen and oxygen atoms in total. The summed E-state index contributed by atoms with van der Waals surface area (Å²) in [5.74, 6) is -0.393. The lowest BCUT2D eigenvalue weighted by Crippen LogP contribution is -2.23. The standard InChI is InChI=1S/C20H19ClN4O/c1-14-3-2-4-17(13-14)24-12-10-19(26)20(23)18(9-11-22)25-16-7-5-15(21)6-8-16/h2-8,11-13,22-23H,9-10H2,1H3. The van der Waals surface area contributed by atoms with Gasteiger partial charge in [0.05, 0.1) is 17.1 Å². The number of aryl methyl sites for hydroxylation is 1. The van der Waals surface area contributed by atoms with E-state index in [1.54, 1.807) is 24.3 Å². The van der Waals surface area contributed by atoms with E-state index >= 15 is 0 Å². The van der Waals surface area contributed by atoms with Gasteiger partial charge in [-0.05, 0) is 48.9 Å². The first-order chi connectivity index (χ1) is 12.5. The van der Waals surface area contributed by atoms with E-state index in [-0.39, 0.29) is 24.3 Å². The number of carbonyl (C=O) groups excluding carboxylic acids is 1. The topological polar surface area (TPSA) is 89.5 Å². The molecular weight excluding hydrogens is 348 g/mol. The zero-order valence-corrected chi connectivity index (χ0v) is 15.1. The number of halogens is 1. The van der Waals surface area contributed by atoms with Crippen molar-refractivity contribution >= 4 is 52.6 Å². The first-order valence-corrected chi connectivity index (χ1v) is 8.41. The van der Waals surface area contributed by atoms with Crippen LogP contribution in [0.5, 0.6) is 0 Å². The van der Waals surface area contributed by atoms with Crippen molar-refractivity contribution in [3.63, 3.8) is 0 Å². The summed E-state index contributed by atoms with van der Waals surface area (Å²) in [6, 6.07) is 14.4. The Bertz CT molecular complexity index is 870. The number of aliphatic imine (C=N–C) groups is 2. The Morgan fingerprint density at radius 1 is 1.12 bits per heavy atom. The number of nitrogens with zero attached hydrogens (tertiary/aromatic N) is 2. The third-order valence-electron chi connectivity index (χ3n) is 3.47. The average Bonchev–Trinajstić information content (AvgIpc) is 2.62. The van der Waals surface area contributed by atoms with E-state index in [1.165, 1.54) is 6.21 Å². The zero-order valence-electron chi connectivity index (χ0n) is 14.4. The van der Waals surface area contributed by atoms with E-state index in [2.05, 4.69) is 9.98 Å². The Hall–Kier alpha value is -2.92. The van der Waals surface area contributed by atoms with Crippen LogP contribution >= 0.6 is 11.6 Å². The molecule has 0 spiro atoms. The maximum Gasteiger partial charge on any atom is 0.187 e. The number of hydrogen-bond donors (Lipinski definition) is 2. The van der Waals surface area contributed by atoms with Gasteiger partial charge in [0.25, 0.3) is 0 Å². The smallest absolute Gasteiger partial charge is 0.187 e. The Labute approximate surface area is 157 Å². The molecule has 0 aliphatic carbocycles. The van der Waals surface area contributed by atoms with Gasteiger partial charge >= 0.3 is 0 Å². The highest BCUT2D eigenvalue weighted by molar-refractivity contribution is 6.68. The predicted octanol–water partition coefficient (Wildman–Crippen LogP) is 5.14. The highest BCUT2D eigenvalue weighted by atomic mass is 35.5. The van der Waals surface area contributed by atoms with Crippen molar-refractivity contribution in [1.29, 1.82) is 10.8 Å². The molecule has 6 heteroatoms. The minimum Gasteiger partial charge on any atom is -0.313 e. The van der Waals surface area contributed by atoms with E-state index in [4.69, 9.17) is 22.4 Å². The minimum absolute atomic E-state index is 0.00438. The highest BCUT2D eigenvalue weighted by Gasteiger charge is 2.14. The minimum atomic E-state index is -0.393. The number of benzene rings is 2. The normalized spacial score (nSPS) is 11.5. The molecule has 0 radical (unpaired) electrons. The second-order valence-corrected chi connectivity index (χ2v) is 6.03. The SMILES string of the molecule is Cc1cccc(N=CCC(=O)C(=N)C(CC=N)=Nc2ccc(Cl)cc2)c1.